The van der Waals surface area contributed by atoms with E-state index >= 15 is 0 Å². The minimum atomic E-state index is -0.425. The molecule has 0 bridgehead atoms. The number of carbonyl (C=O) groups is 1. The number of aliphatic hydroxyl groups is 1. The van der Waals surface area contributed by atoms with Gasteiger partial charge in [0, 0.05) is 18.1 Å². The number of β-amino-alcohol motifs (C(OH)–C–C–N with tert-alkyl or cyclic N) is 1. The maximum atomic E-state index is 11.7. The van der Waals surface area contributed by atoms with Crippen molar-refractivity contribution in [3.8, 4) is 0 Å². The van der Waals surface area contributed by atoms with Crippen molar-refractivity contribution in [2.24, 2.45) is 0 Å². The molecule has 3 N–H and O–H groups in total. The van der Waals surface area contributed by atoms with Crippen molar-refractivity contribution in [2.75, 3.05) is 6.54 Å². The van der Waals surface area contributed by atoms with Crippen molar-refractivity contribution in [1.82, 2.24) is 10.6 Å². The fraction of sp³-hybridized carbons (Fsp3) is 0.417. The van der Waals surface area contributed by atoms with E-state index < -0.39 is 6.10 Å². The predicted molar refractivity (Wildman–Crippen MR) is 65.7 cm³/mol. The number of amides is 1. The topological polar surface area (TPSA) is 61.4 Å². The van der Waals surface area contributed by atoms with Crippen LogP contribution in [0, 0.1) is 0 Å². The first-order valence-corrected chi connectivity index (χ1v) is 5.97. The third-order valence-corrected chi connectivity index (χ3v) is 3.20. The van der Waals surface area contributed by atoms with Crippen molar-refractivity contribution in [1.29, 1.82) is 0 Å². The number of nitrogens with one attached hydrogen (secondary N) is 2. The van der Waals surface area contributed by atoms with Gasteiger partial charge in [-0.2, -0.15) is 0 Å². The molecule has 17 heavy (non-hydrogen) atoms. The van der Waals surface area contributed by atoms with Gasteiger partial charge in [-0.1, -0.05) is 29.8 Å². The lowest BCUT2D eigenvalue weighted by molar-refractivity contribution is -0.123. The van der Waals surface area contributed by atoms with Gasteiger partial charge in [0.1, 0.15) is 0 Å². The Kier molecular flexibility index (Phi) is 3.99. The SMILES string of the molecule is O=C(NCc1ccccc1Cl)[C@@H]1C[C@H](O)CN1. The van der Waals surface area contributed by atoms with Gasteiger partial charge in [0.2, 0.25) is 5.91 Å². The molecular formula is C12H15ClN2O2. The first-order chi connectivity index (χ1) is 8.16. The molecule has 1 fully saturated rings. The van der Waals surface area contributed by atoms with Gasteiger partial charge in [-0.25, -0.2) is 0 Å². The molecule has 1 saturated heterocycles. The second kappa shape index (κ2) is 5.49. The van der Waals surface area contributed by atoms with Crippen LogP contribution >= 0.6 is 11.6 Å². The van der Waals surface area contributed by atoms with Crippen molar-refractivity contribution < 1.29 is 9.90 Å². The molecule has 0 aliphatic carbocycles. The van der Waals surface area contributed by atoms with E-state index in [1.54, 1.807) is 6.07 Å². The van der Waals surface area contributed by atoms with Crippen LogP contribution in [-0.2, 0) is 11.3 Å². The zero-order valence-corrected chi connectivity index (χ0v) is 10.1. The number of hydrogen-bond donors (Lipinski definition) is 3. The molecule has 4 nitrogen and oxygen atoms in total. The summed E-state index contributed by atoms with van der Waals surface area (Å²) in [6.07, 6.45) is 0.0417. The second-order valence-electron chi connectivity index (χ2n) is 4.16. The molecule has 1 aromatic rings. The standard InChI is InChI=1S/C12H15ClN2O2/c13-10-4-2-1-3-8(10)6-15-12(17)11-5-9(16)7-14-11/h1-4,9,11,14,16H,5-7H2,(H,15,17)/t9-,11-/m0/s1. The number of hydrogen-bond acceptors (Lipinski definition) is 3. The second-order valence-corrected chi connectivity index (χ2v) is 4.57. The molecule has 0 spiro atoms. The summed E-state index contributed by atoms with van der Waals surface area (Å²) < 4.78 is 0. The first kappa shape index (κ1) is 12.4. The maximum Gasteiger partial charge on any atom is 0.237 e. The van der Waals surface area contributed by atoms with E-state index in [-0.39, 0.29) is 11.9 Å². The molecule has 1 heterocycles. The highest BCUT2D eigenvalue weighted by molar-refractivity contribution is 6.31. The minimum absolute atomic E-state index is 0.0959. The summed E-state index contributed by atoms with van der Waals surface area (Å²) in [5, 5.41) is 15.7. The summed E-state index contributed by atoms with van der Waals surface area (Å²) in [6.45, 7) is 0.886. The minimum Gasteiger partial charge on any atom is -0.392 e. The van der Waals surface area contributed by atoms with Gasteiger partial charge < -0.3 is 15.7 Å². The Labute approximate surface area is 105 Å². The van der Waals surface area contributed by atoms with E-state index in [0.717, 1.165) is 5.56 Å². The van der Waals surface area contributed by atoms with E-state index in [1.165, 1.54) is 0 Å². The van der Waals surface area contributed by atoms with E-state index in [1.807, 2.05) is 18.2 Å². The molecule has 1 aromatic carbocycles. The van der Waals surface area contributed by atoms with E-state index in [4.69, 9.17) is 11.6 Å². The Morgan fingerprint density at radius 2 is 2.29 bits per heavy atom. The summed E-state index contributed by atoms with van der Waals surface area (Å²) >= 11 is 5.98. The number of aliphatic hydroxyl groups excluding tert-OH is 1. The van der Waals surface area contributed by atoms with Crippen molar-refractivity contribution in [2.45, 2.75) is 25.1 Å². The average molecular weight is 255 g/mol. The Balaban J connectivity index is 1.86. The molecule has 0 aromatic heterocycles. The highest BCUT2D eigenvalue weighted by Gasteiger charge is 2.27. The number of benzene rings is 1. The monoisotopic (exact) mass is 254 g/mol. The lowest BCUT2D eigenvalue weighted by atomic mass is 10.2. The van der Waals surface area contributed by atoms with Gasteiger partial charge in [-0.05, 0) is 18.1 Å². The van der Waals surface area contributed by atoms with Gasteiger partial charge in [-0.15, -0.1) is 0 Å². The van der Waals surface area contributed by atoms with Crippen LogP contribution in [0.4, 0.5) is 0 Å². The molecule has 0 unspecified atom stereocenters. The summed E-state index contributed by atoms with van der Waals surface area (Å²) in [7, 11) is 0. The van der Waals surface area contributed by atoms with Gasteiger partial charge in [0.05, 0.1) is 12.1 Å². The molecule has 5 heteroatoms. The third kappa shape index (κ3) is 3.19. The summed E-state index contributed by atoms with van der Waals surface area (Å²) in [5.41, 5.74) is 0.890. The predicted octanol–water partition coefficient (Wildman–Crippen LogP) is 0.679. The molecular weight excluding hydrogens is 240 g/mol. The Morgan fingerprint density at radius 1 is 1.53 bits per heavy atom. The molecule has 2 rings (SSSR count). The molecule has 2 atom stereocenters. The number of carbonyl (C=O) groups excluding carboxylic acids is 1. The van der Waals surface area contributed by atoms with Crippen LogP contribution in [-0.4, -0.2) is 29.7 Å². The highest BCUT2D eigenvalue weighted by atomic mass is 35.5. The highest BCUT2D eigenvalue weighted by Crippen LogP contribution is 2.14. The van der Waals surface area contributed by atoms with Crippen LogP contribution in [0.2, 0.25) is 5.02 Å². The average Bonchev–Trinajstić information content (AvgIpc) is 2.74. The molecule has 0 saturated carbocycles. The van der Waals surface area contributed by atoms with Crippen molar-refractivity contribution >= 4 is 17.5 Å². The molecule has 1 amide bonds. The van der Waals surface area contributed by atoms with E-state index in [9.17, 15) is 9.90 Å². The van der Waals surface area contributed by atoms with Gasteiger partial charge >= 0.3 is 0 Å². The first-order valence-electron chi connectivity index (χ1n) is 5.59. The third-order valence-electron chi connectivity index (χ3n) is 2.84. The van der Waals surface area contributed by atoms with Crippen molar-refractivity contribution in [3.63, 3.8) is 0 Å². The smallest absolute Gasteiger partial charge is 0.237 e. The van der Waals surface area contributed by atoms with Crippen LogP contribution in [0.5, 0.6) is 0 Å². The van der Waals surface area contributed by atoms with Gasteiger partial charge in [-0.3, -0.25) is 4.79 Å². The molecule has 92 valence electrons. The Hall–Kier alpha value is -1.10. The fourth-order valence-electron chi connectivity index (χ4n) is 1.86. The number of rotatable bonds is 3. The quantitative estimate of drug-likeness (QED) is 0.743. The maximum absolute atomic E-state index is 11.7. The fourth-order valence-corrected chi connectivity index (χ4v) is 2.07. The van der Waals surface area contributed by atoms with Crippen LogP contribution < -0.4 is 10.6 Å². The largest absolute Gasteiger partial charge is 0.392 e. The van der Waals surface area contributed by atoms with Crippen LogP contribution in [0.3, 0.4) is 0 Å². The molecule has 1 aliphatic rings. The molecule has 0 radical (unpaired) electrons. The van der Waals surface area contributed by atoms with Gasteiger partial charge in [0.15, 0.2) is 0 Å². The zero-order chi connectivity index (χ0) is 12.3. The molecule has 1 aliphatic heterocycles. The zero-order valence-electron chi connectivity index (χ0n) is 9.32. The lowest BCUT2D eigenvalue weighted by Gasteiger charge is -2.11. The van der Waals surface area contributed by atoms with Crippen LogP contribution in [0.25, 0.3) is 0 Å². The number of halogens is 1. The normalized spacial score (nSPS) is 23.6. The van der Waals surface area contributed by atoms with Crippen LogP contribution in [0.1, 0.15) is 12.0 Å². The van der Waals surface area contributed by atoms with Crippen molar-refractivity contribution in [3.05, 3.63) is 34.9 Å². The van der Waals surface area contributed by atoms with Gasteiger partial charge in [0.25, 0.3) is 0 Å². The van der Waals surface area contributed by atoms with E-state index in [0.29, 0.717) is 24.5 Å². The summed E-state index contributed by atoms with van der Waals surface area (Å²) in [5.74, 6) is -0.0959. The van der Waals surface area contributed by atoms with Crippen LogP contribution in [0.15, 0.2) is 24.3 Å². The summed E-state index contributed by atoms with van der Waals surface area (Å²) in [6, 6.07) is 7.10. The summed E-state index contributed by atoms with van der Waals surface area (Å²) in [4.78, 5) is 11.7. The van der Waals surface area contributed by atoms with E-state index in [2.05, 4.69) is 10.6 Å². The lowest BCUT2D eigenvalue weighted by Crippen LogP contribution is -2.40. The Morgan fingerprint density at radius 3 is 2.94 bits per heavy atom. The Bertz CT molecular complexity index is 411.